The van der Waals surface area contributed by atoms with Gasteiger partial charge in [0, 0.05) is 0 Å². The van der Waals surface area contributed by atoms with Crippen LogP contribution in [0.3, 0.4) is 0 Å². The quantitative estimate of drug-likeness (QED) is 0.822. The van der Waals surface area contributed by atoms with Gasteiger partial charge in [0.1, 0.15) is 17.8 Å². The zero-order chi connectivity index (χ0) is 13.2. The number of phenolic OH excluding ortho intramolecular Hbond substituents is 1. The lowest BCUT2D eigenvalue weighted by molar-refractivity contribution is 0.103. The molecule has 1 N–H and O–H groups in total. The van der Waals surface area contributed by atoms with Gasteiger partial charge in [-0.2, -0.15) is 0 Å². The number of allylic oxidation sites excluding steroid dienone is 6. The molecule has 1 heterocycles. The number of carbonyl (C=O) groups excluding carboxylic acids is 1. The second kappa shape index (κ2) is 4.61. The third-order valence-corrected chi connectivity index (χ3v) is 3.09. The van der Waals surface area contributed by atoms with Crippen LogP contribution >= 0.6 is 0 Å². The van der Waals surface area contributed by atoms with E-state index in [0.717, 1.165) is 17.8 Å². The Labute approximate surface area is 110 Å². The fourth-order valence-corrected chi connectivity index (χ4v) is 2.09. The van der Waals surface area contributed by atoms with Gasteiger partial charge in [0.05, 0.1) is 11.1 Å². The van der Waals surface area contributed by atoms with Crippen molar-refractivity contribution in [3.05, 3.63) is 77.3 Å². The van der Waals surface area contributed by atoms with E-state index >= 15 is 0 Å². The van der Waals surface area contributed by atoms with E-state index in [1.165, 1.54) is 12.3 Å². The molecule has 0 unspecified atom stereocenters. The van der Waals surface area contributed by atoms with Crippen molar-refractivity contribution in [3.63, 3.8) is 0 Å². The molecule has 0 fully saturated rings. The zero-order valence-corrected chi connectivity index (χ0v) is 10.2. The van der Waals surface area contributed by atoms with Crippen LogP contribution < -0.4 is 0 Å². The average molecular weight is 252 g/mol. The van der Waals surface area contributed by atoms with Gasteiger partial charge in [-0.1, -0.05) is 24.3 Å². The molecule has 0 saturated heterocycles. The predicted molar refractivity (Wildman–Crippen MR) is 71.5 cm³/mol. The third kappa shape index (κ3) is 2.10. The highest BCUT2D eigenvalue weighted by molar-refractivity contribution is 6.12. The van der Waals surface area contributed by atoms with Crippen LogP contribution in [0.1, 0.15) is 16.8 Å². The van der Waals surface area contributed by atoms with Crippen LogP contribution in [-0.4, -0.2) is 10.9 Å². The Hall–Kier alpha value is -2.55. The second-order valence-corrected chi connectivity index (χ2v) is 4.37. The minimum absolute atomic E-state index is 0.0170. The topological polar surface area (TPSA) is 46.5 Å². The lowest BCUT2D eigenvalue weighted by atomic mass is 9.96. The van der Waals surface area contributed by atoms with Gasteiger partial charge in [-0.05, 0) is 36.3 Å². The lowest BCUT2D eigenvalue weighted by Crippen LogP contribution is -2.08. The standard InChI is InChI=1S/C16H12O3/c17-14-7-3-2-6-13(14)16(18)12-9-11-5-1-4-8-15(11)19-10-12/h1-4,6-10,17H,5H2. The first-order valence-corrected chi connectivity index (χ1v) is 6.03. The number of carbonyl (C=O) groups is 1. The largest absolute Gasteiger partial charge is 0.507 e. The molecule has 1 aliphatic heterocycles. The minimum Gasteiger partial charge on any atom is -0.507 e. The molecule has 3 nitrogen and oxygen atoms in total. The number of benzene rings is 1. The van der Waals surface area contributed by atoms with Gasteiger partial charge < -0.3 is 9.84 Å². The van der Waals surface area contributed by atoms with E-state index in [1.807, 2.05) is 24.3 Å². The van der Waals surface area contributed by atoms with Crippen LogP contribution in [-0.2, 0) is 4.74 Å². The SMILES string of the molecule is O=C(C1=COC2=CC=CCC2=C1)c1ccccc1O. The summed E-state index contributed by atoms with van der Waals surface area (Å²) in [7, 11) is 0. The van der Waals surface area contributed by atoms with Gasteiger partial charge in [-0.25, -0.2) is 0 Å². The normalized spacial score (nSPS) is 16.7. The summed E-state index contributed by atoms with van der Waals surface area (Å²) in [5, 5.41) is 9.71. The first-order valence-electron chi connectivity index (χ1n) is 6.03. The molecule has 1 aromatic carbocycles. The minimum atomic E-state index is -0.237. The number of para-hydroxylation sites is 1. The number of ketones is 1. The molecule has 94 valence electrons. The van der Waals surface area contributed by atoms with Crippen LogP contribution in [0.4, 0.5) is 0 Å². The third-order valence-electron chi connectivity index (χ3n) is 3.09. The molecule has 1 aliphatic carbocycles. The first-order chi connectivity index (χ1) is 9.25. The molecular formula is C16H12O3. The maximum atomic E-state index is 12.3. The molecule has 0 radical (unpaired) electrons. The van der Waals surface area contributed by atoms with Crippen molar-refractivity contribution in [1.29, 1.82) is 0 Å². The summed E-state index contributed by atoms with van der Waals surface area (Å²) in [6.45, 7) is 0. The highest BCUT2D eigenvalue weighted by Crippen LogP contribution is 2.29. The molecule has 19 heavy (non-hydrogen) atoms. The van der Waals surface area contributed by atoms with Gasteiger partial charge in [0.2, 0.25) is 0 Å². The first kappa shape index (κ1) is 11.5. The lowest BCUT2D eigenvalue weighted by Gasteiger charge is -2.18. The average Bonchev–Trinajstić information content (AvgIpc) is 2.46. The Morgan fingerprint density at radius 2 is 2.11 bits per heavy atom. The second-order valence-electron chi connectivity index (χ2n) is 4.37. The highest BCUT2D eigenvalue weighted by atomic mass is 16.5. The number of hydrogen-bond acceptors (Lipinski definition) is 3. The number of rotatable bonds is 2. The van der Waals surface area contributed by atoms with Gasteiger partial charge >= 0.3 is 0 Å². The van der Waals surface area contributed by atoms with E-state index in [9.17, 15) is 9.90 Å². The molecule has 0 spiro atoms. The summed E-state index contributed by atoms with van der Waals surface area (Å²) in [6, 6.07) is 6.50. The van der Waals surface area contributed by atoms with Crippen molar-refractivity contribution >= 4 is 5.78 Å². The Bertz CT molecular complexity index is 660. The molecule has 0 saturated carbocycles. The summed E-state index contributed by atoms with van der Waals surface area (Å²) in [4.78, 5) is 12.3. The Balaban J connectivity index is 1.93. The van der Waals surface area contributed by atoms with Crippen LogP contribution in [0.5, 0.6) is 5.75 Å². The molecule has 3 heteroatoms. The molecule has 0 aromatic heterocycles. The maximum absolute atomic E-state index is 12.3. The van der Waals surface area contributed by atoms with E-state index in [1.54, 1.807) is 18.2 Å². The molecule has 3 rings (SSSR count). The van der Waals surface area contributed by atoms with Crippen molar-refractivity contribution in [2.75, 3.05) is 0 Å². The monoisotopic (exact) mass is 252 g/mol. The Kier molecular flexibility index (Phi) is 2.80. The van der Waals surface area contributed by atoms with Crippen LogP contribution in [0.25, 0.3) is 0 Å². The molecule has 0 amide bonds. The maximum Gasteiger partial charge on any atom is 0.199 e. The van der Waals surface area contributed by atoms with Gasteiger partial charge in [0.25, 0.3) is 0 Å². The number of aromatic hydroxyl groups is 1. The van der Waals surface area contributed by atoms with E-state index < -0.39 is 0 Å². The molecule has 2 aliphatic rings. The number of hydrogen-bond donors (Lipinski definition) is 1. The number of ether oxygens (including phenoxy) is 1. The fourth-order valence-electron chi connectivity index (χ4n) is 2.09. The van der Waals surface area contributed by atoms with Crippen LogP contribution in [0, 0.1) is 0 Å². The smallest absolute Gasteiger partial charge is 0.199 e. The molecular weight excluding hydrogens is 240 g/mol. The van der Waals surface area contributed by atoms with Crippen LogP contribution in [0.2, 0.25) is 0 Å². The van der Waals surface area contributed by atoms with Gasteiger partial charge in [-0.15, -0.1) is 0 Å². The summed E-state index contributed by atoms with van der Waals surface area (Å²) in [6.07, 6.45) is 9.80. The van der Waals surface area contributed by atoms with E-state index in [2.05, 4.69) is 0 Å². The van der Waals surface area contributed by atoms with E-state index in [0.29, 0.717) is 5.57 Å². The summed E-state index contributed by atoms with van der Waals surface area (Å²) in [5.74, 6) is 0.521. The molecule has 0 bridgehead atoms. The Morgan fingerprint density at radius 3 is 2.95 bits per heavy atom. The molecule has 1 aromatic rings. The van der Waals surface area contributed by atoms with Crippen molar-refractivity contribution in [3.8, 4) is 5.75 Å². The number of fused-ring (bicyclic) bond motifs is 1. The van der Waals surface area contributed by atoms with Gasteiger partial charge in [-0.3, -0.25) is 4.79 Å². The highest BCUT2D eigenvalue weighted by Gasteiger charge is 2.20. The van der Waals surface area contributed by atoms with Crippen molar-refractivity contribution in [1.82, 2.24) is 0 Å². The van der Waals surface area contributed by atoms with Crippen molar-refractivity contribution < 1.29 is 14.6 Å². The fraction of sp³-hybridized carbons (Fsp3) is 0.0625. The van der Waals surface area contributed by atoms with Crippen molar-refractivity contribution in [2.45, 2.75) is 6.42 Å². The number of phenols is 1. The summed E-state index contributed by atoms with van der Waals surface area (Å²) < 4.78 is 5.45. The number of Topliss-reactive ketones (excluding diaryl/α,β-unsaturated/α-hetero) is 1. The summed E-state index contributed by atoms with van der Waals surface area (Å²) in [5.41, 5.74) is 1.71. The Morgan fingerprint density at radius 1 is 1.26 bits per heavy atom. The zero-order valence-electron chi connectivity index (χ0n) is 10.2. The molecule has 0 atom stereocenters. The predicted octanol–water partition coefficient (Wildman–Crippen LogP) is 3.26. The van der Waals surface area contributed by atoms with E-state index in [-0.39, 0.29) is 17.1 Å². The summed E-state index contributed by atoms with van der Waals surface area (Å²) >= 11 is 0. The van der Waals surface area contributed by atoms with Crippen molar-refractivity contribution in [2.24, 2.45) is 0 Å². The van der Waals surface area contributed by atoms with Crippen LogP contribution in [0.15, 0.2) is 71.7 Å². The van der Waals surface area contributed by atoms with E-state index in [4.69, 9.17) is 4.74 Å². The van der Waals surface area contributed by atoms with Gasteiger partial charge in [0.15, 0.2) is 5.78 Å².